The molecule has 3 fully saturated rings. The molecule has 0 bridgehead atoms. The predicted octanol–water partition coefficient (Wildman–Crippen LogP) is 0.714. The average molecular weight is 238 g/mol. The van der Waals surface area contributed by atoms with Gasteiger partial charge in [-0.25, -0.2) is 10.0 Å². The van der Waals surface area contributed by atoms with Gasteiger partial charge in [0.05, 0.1) is 6.17 Å². The summed E-state index contributed by atoms with van der Waals surface area (Å²) in [6, 6.07) is 0. The molecule has 0 aromatic carbocycles. The molecule has 98 valence electrons. The summed E-state index contributed by atoms with van der Waals surface area (Å²) in [4.78, 5) is 2.70. The molecule has 3 saturated heterocycles. The number of nitrogens with zero attached hydrogens (tertiary/aromatic N) is 3. The van der Waals surface area contributed by atoms with Crippen LogP contribution in [0, 0.1) is 0 Å². The molecule has 4 nitrogen and oxygen atoms in total. The molecule has 0 aromatic rings. The van der Waals surface area contributed by atoms with Crippen LogP contribution in [-0.2, 0) is 0 Å². The van der Waals surface area contributed by atoms with Gasteiger partial charge in [-0.3, -0.25) is 4.90 Å². The van der Waals surface area contributed by atoms with Crippen LogP contribution >= 0.6 is 0 Å². The second-order valence-electron chi connectivity index (χ2n) is 5.59. The van der Waals surface area contributed by atoms with Crippen molar-refractivity contribution in [3.8, 4) is 0 Å². The smallest absolute Gasteiger partial charge is 0.0761 e. The number of piperazine rings is 1. The largest absolute Gasteiger partial charge is 0.314 e. The number of hydrogen-bond acceptors (Lipinski definition) is 4. The van der Waals surface area contributed by atoms with Gasteiger partial charge in [0, 0.05) is 45.8 Å². The summed E-state index contributed by atoms with van der Waals surface area (Å²) in [6.45, 7) is 8.68. The zero-order valence-corrected chi connectivity index (χ0v) is 10.9. The number of nitrogens with one attached hydrogen (secondary N) is 1. The molecule has 0 aromatic heterocycles. The van der Waals surface area contributed by atoms with Gasteiger partial charge < -0.3 is 5.32 Å². The molecule has 1 atom stereocenters. The maximum Gasteiger partial charge on any atom is 0.0761 e. The summed E-state index contributed by atoms with van der Waals surface area (Å²) < 4.78 is 0. The Labute approximate surface area is 105 Å². The quantitative estimate of drug-likeness (QED) is 0.765. The van der Waals surface area contributed by atoms with Gasteiger partial charge in [0.15, 0.2) is 0 Å². The lowest BCUT2D eigenvalue weighted by Crippen LogP contribution is -2.60. The van der Waals surface area contributed by atoms with Gasteiger partial charge in [0.1, 0.15) is 0 Å². The highest BCUT2D eigenvalue weighted by atomic mass is 15.7. The second-order valence-corrected chi connectivity index (χ2v) is 5.59. The Kier molecular flexibility index (Phi) is 3.96. The van der Waals surface area contributed by atoms with E-state index in [0.29, 0.717) is 6.17 Å². The molecule has 3 aliphatic heterocycles. The summed E-state index contributed by atoms with van der Waals surface area (Å²) in [6.07, 6.45) is 7.66. The van der Waals surface area contributed by atoms with E-state index in [9.17, 15) is 0 Å². The zero-order chi connectivity index (χ0) is 11.5. The van der Waals surface area contributed by atoms with Gasteiger partial charge in [-0.05, 0) is 32.1 Å². The molecule has 0 amide bonds. The van der Waals surface area contributed by atoms with Crippen molar-refractivity contribution in [1.82, 2.24) is 20.2 Å². The van der Waals surface area contributed by atoms with E-state index >= 15 is 0 Å². The molecule has 1 unspecified atom stereocenters. The van der Waals surface area contributed by atoms with E-state index in [-0.39, 0.29) is 0 Å². The highest BCUT2D eigenvalue weighted by Gasteiger charge is 2.33. The molecule has 0 radical (unpaired) electrons. The predicted molar refractivity (Wildman–Crippen MR) is 69.6 cm³/mol. The normalized spacial score (nSPS) is 34.2. The highest BCUT2D eigenvalue weighted by molar-refractivity contribution is 4.81. The lowest BCUT2D eigenvalue weighted by molar-refractivity contribution is -0.122. The van der Waals surface area contributed by atoms with E-state index in [0.717, 1.165) is 0 Å². The molecular formula is C13H26N4. The molecule has 3 aliphatic rings. The lowest BCUT2D eigenvalue weighted by atomic mass is 10.1. The maximum atomic E-state index is 3.46. The number of hydrogen-bond donors (Lipinski definition) is 1. The number of rotatable bonds is 2. The van der Waals surface area contributed by atoms with E-state index in [1.807, 2.05) is 0 Å². The first-order chi connectivity index (χ1) is 8.45. The Morgan fingerprint density at radius 1 is 0.765 bits per heavy atom. The van der Waals surface area contributed by atoms with Gasteiger partial charge in [-0.1, -0.05) is 0 Å². The van der Waals surface area contributed by atoms with E-state index in [1.165, 1.54) is 77.9 Å². The van der Waals surface area contributed by atoms with E-state index in [1.54, 1.807) is 0 Å². The SMILES string of the molecule is C1CCN(N2CCCC2)C(N2CCNCC2)C1. The first kappa shape index (κ1) is 11.9. The summed E-state index contributed by atoms with van der Waals surface area (Å²) in [5.41, 5.74) is 0. The minimum absolute atomic E-state index is 0.698. The number of hydrazine groups is 1. The first-order valence-corrected chi connectivity index (χ1v) is 7.41. The van der Waals surface area contributed by atoms with Crippen LogP contribution < -0.4 is 5.32 Å². The standard InChI is InChI=1S/C13H26N4/c1-2-10-17(16-8-3-4-9-16)13(5-1)15-11-6-14-7-12-15/h13-14H,1-12H2. The van der Waals surface area contributed by atoms with Crippen LogP contribution in [0.2, 0.25) is 0 Å². The number of piperidine rings is 1. The molecule has 1 N–H and O–H groups in total. The summed E-state index contributed by atoms with van der Waals surface area (Å²) in [7, 11) is 0. The summed E-state index contributed by atoms with van der Waals surface area (Å²) >= 11 is 0. The third-order valence-corrected chi connectivity index (χ3v) is 4.46. The van der Waals surface area contributed by atoms with Crippen LogP contribution in [0.25, 0.3) is 0 Å². The van der Waals surface area contributed by atoms with Crippen LogP contribution in [0.1, 0.15) is 32.1 Å². The zero-order valence-electron chi connectivity index (χ0n) is 10.9. The minimum atomic E-state index is 0.698. The summed E-state index contributed by atoms with van der Waals surface area (Å²) in [5, 5.41) is 8.79. The van der Waals surface area contributed by atoms with Crippen molar-refractivity contribution < 1.29 is 0 Å². The molecular weight excluding hydrogens is 212 g/mol. The third kappa shape index (κ3) is 2.65. The molecule has 3 rings (SSSR count). The van der Waals surface area contributed by atoms with Crippen LogP contribution in [0.3, 0.4) is 0 Å². The van der Waals surface area contributed by atoms with Crippen molar-refractivity contribution in [2.75, 3.05) is 45.8 Å². The first-order valence-electron chi connectivity index (χ1n) is 7.41. The van der Waals surface area contributed by atoms with Crippen LogP contribution in [0.4, 0.5) is 0 Å². The van der Waals surface area contributed by atoms with Crippen molar-refractivity contribution in [3.05, 3.63) is 0 Å². The Morgan fingerprint density at radius 3 is 2.24 bits per heavy atom. The van der Waals surface area contributed by atoms with Crippen molar-refractivity contribution in [3.63, 3.8) is 0 Å². The Bertz CT molecular complexity index is 234. The van der Waals surface area contributed by atoms with Crippen molar-refractivity contribution in [2.24, 2.45) is 0 Å². The molecule has 0 aliphatic carbocycles. The molecule has 0 saturated carbocycles. The summed E-state index contributed by atoms with van der Waals surface area (Å²) in [5.74, 6) is 0. The van der Waals surface area contributed by atoms with Gasteiger partial charge >= 0.3 is 0 Å². The Hall–Kier alpha value is -0.160. The van der Waals surface area contributed by atoms with Gasteiger partial charge in [0.25, 0.3) is 0 Å². The topological polar surface area (TPSA) is 21.8 Å². The maximum absolute atomic E-state index is 3.46. The van der Waals surface area contributed by atoms with Crippen LogP contribution in [-0.4, -0.2) is 66.9 Å². The van der Waals surface area contributed by atoms with Crippen LogP contribution in [0.15, 0.2) is 0 Å². The average Bonchev–Trinajstić information content (AvgIpc) is 2.94. The van der Waals surface area contributed by atoms with Crippen molar-refractivity contribution in [2.45, 2.75) is 38.3 Å². The lowest BCUT2D eigenvalue weighted by Gasteiger charge is -2.47. The van der Waals surface area contributed by atoms with E-state index < -0.39 is 0 Å². The molecule has 4 heteroatoms. The van der Waals surface area contributed by atoms with E-state index in [2.05, 4.69) is 20.2 Å². The van der Waals surface area contributed by atoms with E-state index in [4.69, 9.17) is 0 Å². The molecule has 0 spiro atoms. The van der Waals surface area contributed by atoms with Crippen LogP contribution in [0.5, 0.6) is 0 Å². The third-order valence-electron chi connectivity index (χ3n) is 4.46. The fourth-order valence-electron chi connectivity index (χ4n) is 3.54. The monoisotopic (exact) mass is 238 g/mol. The Morgan fingerprint density at radius 2 is 1.47 bits per heavy atom. The minimum Gasteiger partial charge on any atom is -0.314 e. The molecule has 17 heavy (non-hydrogen) atoms. The second kappa shape index (κ2) is 5.65. The van der Waals surface area contributed by atoms with Crippen molar-refractivity contribution in [1.29, 1.82) is 0 Å². The van der Waals surface area contributed by atoms with Gasteiger partial charge in [-0.15, -0.1) is 0 Å². The molecule has 3 heterocycles. The Balaban J connectivity index is 1.65. The highest BCUT2D eigenvalue weighted by Crippen LogP contribution is 2.24. The fourth-order valence-corrected chi connectivity index (χ4v) is 3.54. The fraction of sp³-hybridized carbons (Fsp3) is 1.00. The van der Waals surface area contributed by atoms with Gasteiger partial charge in [-0.2, -0.15) is 0 Å². The van der Waals surface area contributed by atoms with Gasteiger partial charge in [0.2, 0.25) is 0 Å². The van der Waals surface area contributed by atoms with Crippen molar-refractivity contribution >= 4 is 0 Å².